The molecular formula is C11H7BrCl2N2O. The maximum absolute atomic E-state index is 11.8. The molecule has 2 aromatic rings. The van der Waals surface area contributed by atoms with Gasteiger partial charge in [0.25, 0.3) is 5.91 Å². The number of rotatable bonds is 2. The van der Waals surface area contributed by atoms with E-state index >= 15 is 0 Å². The molecule has 0 aliphatic rings. The standard InChI is InChI=1S/C11H7BrCl2N2O/c12-8-4-7(1-2-9(8)14)16-11(17)10-3-6(13)5-15-10/h1-5,15H,(H,16,17). The van der Waals surface area contributed by atoms with E-state index in [1.807, 2.05) is 0 Å². The van der Waals surface area contributed by atoms with Crippen molar-refractivity contribution in [3.8, 4) is 0 Å². The minimum absolute atomic E-state index is 0.258. The zero-order valence-corrected chi connectivity index (χ0v) is 11.5. The van der Waals surface area contributed by atoms with E-state index in [0.29, 0.717) is 21.4 Å². The molecule has 1 aromatic carbocycles. The molecule has 1 aromatic heterocycles. The third kappa shape index (κ3) is 3.03. The molecule has 0 saturated carbocycles. The molecule has 1 amide bonds. The van der Waals surface area contributed by atoms with Gasteiger partial charge in [0.2, 0.25) is 0 Å². The van der Waals surface area contributed by atoms with Crippen LogP contribution in [0.4, 0.5) is 5.69 Å². The van der Waals surface area contributed by atoms with Crippen molar-refractivity contribution in [2.45, 2.75) is 0 Å². The van der Waals surface area contributed by atoms with Gasteiger partial charge in [0.05, 0.1) is 10.0 Å². The first-order valence-electron chi connectivity index (χ1n) is 4.66. The first-order chi connectivity index (χ1) is 8.06. The molecular weight excluding hydrogens is 327 g/mol. The molecule has 2 N–H and O–H groups in total. The normalized spacial score (nSPS) is 10.3. The van der Waals surface area contributed by atoms with Gasteiger partial charge in [-0.3, -0.25) is 4.79 Å². The summed E-state index contributed by atoms with van der Waals surface area (Å²) in [6, 6.07) is 6.70. The van der Waals surface area contributed by atoms with Crippen molar-refractivity contribution in [3.05, 3.63) is 50.7 Å². The van der Waals surface area contributed by atoms with Gasteiger partial charge in [0, 0.05) is 16.4 Å². The average molecular weight is 334 g/mol. The van der Waals surface area contributed by atoms with E-state index in [4.69, 9.17) is 23.2 Å². The monoisotopic (exact) mass is 332 g/mol. The van der Waals surface area contributed by atoms with Crippen molar-refractivity contribution in [3.63, 3.8) is 0 Å². The summed E-state index contributed by atoms with van der Waals surface area (Å²) in [5, 5.41) is 3.80. The highest BCUT2D eigenvalue weighted by molar-refractivity contribution is 9.10. The Kier molecular flexibility index (Phi) is 3.76. The van der Waals surface area contributed by atoms with Gasteiger partial charge in [0.1, 0.15) is 5.69 Å². The molecule has 17 heavy (non-hydrogen) atoms. The Hall–Kier alpha value is -0.970. The Labute approximate surface area is 116 Å². The van der Waals surface area contributed by atoms with Crippen LogP contribution in [-0.4, -0.2) is 10.9 Å². The van der Waals surface area contributed by atoms with Crippen LogP contribution in [0.2, 0.25) is 10.0 Å². The second kappa shape index (κ2) is 5.12. The highest BCUT2D eigenvalue weighted by Gasteiger charge is 2.09. The highest BCUT2D eigenvalue weighted by Crippen LogP contribution is 2.25. The number of aromatic amines is 1. The molecule has 1 heterocycles. The third-order valence-corrected chi connectivity index (χ3v) is 3.50. The van der Waals surface area contributed by atoms with Crippen LogP contribution in [-0.2, 0) is 0 Å². The minimum Gasteiger partial charge on any atom is -0.356 e. The van der Waals surface area contributed by atoms with Crippen molar-refractivity contribution in [2.75, 3.05) is 5.32 Å². The third-order valence-electron chi connectivity index (χ3n) is 2.07. The quantitative estimate of drug-likeness (QED) is 0.843. The van der Waals surface area contributed by atoms with E-state index in [-0.39, 0.29) is 5.91 Å². The molecule has 2 rings (SSSR count). The minimum atomic E-state index is -0.258. The van der Waals surface area contributed by atoms with Gasteiger partial charge in [-0.2, -0.15) is 0 Å². The summed E-state index contributed by atoms with van der Waals surface area (Å²) in [6.07, 6.45) is 1.55. The van der Waals surface area contributed by atoms with Crippen LogP contribution < -0.4 is 5.32 Å². The Morgan fingerprint density at radius 1 is 1.29 bits per heavy atom. The van der Waals surface area contributed by atoms with Crippen LogP contribution >= 0.6 is 39.1 Å². The van der Waals surface area contributed by atoms with E-state index in [0.717, 1.165) is 4.47 Å². The zero-order chi connectivity index (χ0) is 12.4. The number of hydrogen-bond acceptors (Lipinski definition) is 1. The molecule has 88 valence electrons. The maximum Gasteiger partial charge on any atom is 0.272 e. The first kappa shape index (κ1) is 12.5. The summed E-state index contributed by atoms with van der Waals surface area (Å²) in [5.41, 5.74) is 1.05. The number of anilines is 1. The molecule has 3 nitrogen and oxygen atoms in total. The number of carbonyl (C=O) groups excluding carboxylic acids is 1. The molecule has 0 saturated heterocycles. The Morgan fingerprint density at radius 2 is 2.06 bits per heavy atom. The summed E-state index contributed by atoms with van der Waals surface area (Å²) < 4.78 is 0.724. The van der Waals surface area contributed by atoms with E-state index < -0.39 is 0 Å². The number of benzene rings is 1. The molecule has 0 spiro atoms. The second-order valence-electron chi connectivity index (χ2n) is 3.31. The summed E-state index contributed by atoms with van der Waals surface area (Å²) in [6.45, 7) is 0. The number of hydrogen-bond donors (Lipinski definition) is 2. The molecule has 0 atom stereocenters. The van der Waals surface area contributed by atoms with E-state index in [1.54, 1.807) is 30.5 Å². The average Bonchev–Trinajstić information content (AvgIpc) is 2.70. The number of nitrogens with one attached hydrogen (secondary N) is 2. The van der Waals surface area contributed by atoms with Crippen LogP contribution in [0.5, 0.6) is 0 Å². The number of carbonyl (C=O) groups is 1. The molecule has 0 aliphatic carbocycles. The van der Waals surface area contributed by atoms with Crippen LogP contribution in [0.3, 0.4) is 0 Å². The van der Waals surface area contributed by atoms with Crippen LogP contribution in [0.15, 0.2) is 34.9 Å². The van der Waals surface area contributed by atoms with E-state index in [9.17, 15) is 4.79 Å². The Balaban J connectivity index is 2.15. The van der Waals surface area contributed by atoms with E-state index in [1.165, 1.54) is 0 Å². The maximum atomic E-state index is 11.8. The highest BCUT2D eigenvalue weighted by atomic mass is 79.9. The molecule has 0 unspecified atom stereocenters. The van der Waals surface area contributed by atoms with Crippen molar-refractivity contribution in [1.29, 1.82) is 0 Å². The van der Waals surface area contributed by atoms with Gasteiger partial charge >= 0.3 is 0 Å². The number of amides is 1. The topological polar surface area (TPSA) is 44.9 Å². The van der Waals surface area contributed by atoms with Crippen molar-refractivity contribution >= 4 is 50.7 Å². The number of halogens is 3. The fourth-order valence-corrected chi connectivity index (χ4v) is 1.93. The van der Waals surface area contributed by atoms with Gasteiger partial charge in [0.15, 0.2) is 0 Å². The van der Waals surface area contributed by atoms with Crippen molar-refractivity contribution < 1.29 is 4.79 Å². The molecule has 0 bridgehead atoms. The molecule has 0 aliphatic heterocycles. The van der Waals surface area contributed by atoms with Gasteiger partial charge in [-0.15, -0.1) is 0 Å². The first-order valence-corrected chi connectivity index (χ1v) is 6.21. The van der Waals surface area contributed by atoms with E-state index in [2.05, 4.69) is 26.2 Å². The van der Waals surface area contributed by atoms with Gasteiger partial charge in [-0.25, -0.2) is 0 Å². The SMILES string of the molecule is O=C(Nc1ccc(Cl)c(Br)c1)c1cc(Cl)c[nH]1. The van der Waals surface area contributed by atoms with Gasteiger partial charge in [-0.05, 0) is 40.2 Å². The predicted molar refractivity (Wildman–Crippen MR) is 72.9 cm³/mol. The van der Waals surface area contributed by atoms with Crippen molar-refractivity contribution in [2.24, 2.45) is 0 Å². The molecule has 0 radical (unpaired) electrons. The predicted octanol–water partition coefficient (Wildman–Crippen LogP) is 4.34. The summed E-state index contributed by atoms with van der Waals surface area (Å²) in [7, 11) is 0. The van der Waals surface area contributed by atoms with Crippen LogP contribution in [0.1, 0.15) is 10.5 Å². The smallest absolute Gasteiger partial charge is 0.272 e. The zero-order valence-electron chi connectivity index (χ0n) is 8.43. The largest absolute Gasteiger partial charge is 0.356 e. The summed E-state index contributed by atoms with van der Waals surface area (Å²) in [4.78, 5) is 14.5. The fourth-order valence-electron chi connectivity index (χ4n) is 1.27. The Morgan fingerprint density at radius 3 is 2.65 bits per heavy atom. The van der Waals surface area contributed by atoms with Crippen LogP contribution in [0.25, 0.3) is 0 Å². The Bertz CT molecular complexity index is 568. The van der Waals surface area contributed by atoms with Crippen LogP contribution in [0, 0.1) is 0 Å². The fraction of sp³-hybridized carbons (Fsp3) is 0. The lowest BCUT2D eigenvalue weighted by molar-refractivity contribution is 0.102. The lowest BCUT2D eigenvalue weighted by Gasteiger charge is -2.04. The molecule has 0 fully saturated rings. The van der Waals surface area contributed by atoms with Gasteiger partial charge in [-0.1, -0.05) is 23.2 Å². The van der Waals surface area contributed by atoms with Gasteiger partial charge < -0.3 is 10.3 Å². The summed E-state index contributed by atoms with van der Waals surface area (Å²) >= 11 is 14.9. The molecule has 6 heteroatoms. The summed E-state index contributed by atoms with van der Waals surface area (Å²) in [5.74, 6) is -0.258. The lowest BCUT2D eigenvalue weighted by atomic mass is 10.3. The lowest BCUT2D eigenvalue weighted by Crippen LogP contribution is -2.12. The second-order valence-corrected chi connectivity index (χ2v) is 5.01. The number of H-pyrrole nitrogens is 1. The van der Waals surface area contributed by atoms with Crippen molar-refractivity contribution in [1.82, 2.24) is 4.98 Å². The number of aromatic nitrogens is 1.